The molecule has 1 fully saturated rings. The number of anilines is 2. The largest absolute Gasteiger partial charge is 0.444 e. The topological polar surface area (TPSA) is 113 Å². The average molecular weight is 371 g/mol. The molecule has 129 valence electrons. The smallest absolute Gasteiger partial charge is 0.414 e. The van der Waals surface area contributed by atoms with Gasteiger partial charge in [-0.1, -0.05) is 0 Å². The van der Waals surface area contributed by atoms with Gasteiger partial charge in [-0.25, -0.2) is 4.79 Å². The maximum atomic E-state index is 12.1. The van der Waals surface area contributed by atoms with Crippen LogP contribution in [0.15, 0.2) is 23.1 Å². The molecule has 2 N–H and O–H groups in total. The van der Waals surface area contributed by atoms with Crippen molar-refractivity contribution in [2.45, 2.75) is 11.0 Å². The number of hydrogen-bond acceptors (Lipinski definition) is 6. The Morgan fingerprint density at radius 2 is 2.21 bits per heavy atom. The van der Waals surface area contributed by atoms with Gasteiger partial charge in [-0.15, -0.1) is 11.8 Å². The Hall–Kier alpha value is -1.78. The lowest BCUT2D eigenvalue weighted by atomic mass is 10.1. The number of rotatable bonds is 4. The zero-order chi connectivity index (χ0) is 17.5. The van der Waals surface area contributed by atoms with E-state index in [0.29, 0.717) is 17.1 Å². The molecule has 1 saturated heterocycles. The lowest BCUT2D eigenvalue weighted by Crippen LogP contribution is -2.30. The summed E-state index contributed by atoms with van der Waals surface area (Å²) in [5.74, 6) is -1.14. The SMILES string of the molecule is [CH2]C(CS(=O)(=O)O)[C@@H]1CN(c2ccc3c(c2)NC(=O)CS3)C(=O)O1. The number of benzene rings is 1. The van der Waals surface area contributed by atoms with E-state index >= 15 is 0 Å². The molecule has 1 unspecified atom stereocenters. The molecule has 0 bridgehead atoms. The average Bonchev–Trinajstić information content (AvgIpc) is 2.87. The van der Waals surface area contributed by atoms with Gasteiger partial charge in [0.05, 0.1) is 23.7 Å². The van der Waals surface area contributed by atoms with E-state index in [2.05, 4.69) is 12.2 Å². The Balaban J connectivity index is 1.77. The van der Waals surface area contributed by atoms with Gasteiger partial charge in [-0.05, 0) is 25.1 Å². The van der Waals surface area contributed by atoms with Crippen LogP contribution in [0, 0.1) is 12.8 Å². The molecule has 1 radical (unpaired) electrons. The maximum absolute atomic E-state index is 12.1. The Labute approximate surface area is 143 Å². The summed E-state index contributed by atoms with van der Waals surface area (Å²) in [6.45, 7) is 3.76. The van der Waals surface area contributed by atoms with Crippen LogP contribution in [-0.4, -0.2) is 49.1 Å². The van der Waals surface area contributed by atoms with Crippen molar-refractivity contribution >= 4 is 45.3 Å². The van der Waals surface area contributed by atoms with Crippen molar-refractivity contribution in [3.63, 3.8) is 0 Å². The van der Waals surface area contributed by atoms with E-state index in [1.165, 1.54) is 16.7 Å². The van der Waals surface area contributed by atoms with Gasteiger partial charge in [-0.3, -0.25) is 14.2 Å². The first-order valence-corrected chi connectivity index (χ1v) is 9.65. The number of cyclic esters (lactones) is 1. The number of carbonyl (C=O) groups excluding carboxylic acids is 2. The summed E-state index contributed by atoms with van der Waals surface area (Å²) >= 11 is 1.41. The predicted octanol–water partition coefficient (Wildman–Crippen LogP) is 1.39. The minimum Gasteiger partial charge on any atom is -0.444 e. The molecule has 2 heterocycles. The zero-order valence-electron chi connectivity index (χ0n) is 12.5. The van der Waals surface area contributed by atoms with Crippen molar-refractivity contribution in [3.8, 4) is 0 Å². The first-order chi connectivity index (χ1) is 11.2. The molecule has 24 heavy (non-hydrogen) atoms. The lowest BCUT2D eigenvalue weighted by Gasteiger charge is -2.20. The number of ether oxygens (including phenoxy) is 1. The molecule has 2 aliphatic rings. The number of thioether (sulfide) groups is 1. The van der Waals surface area contributed by atoms with Crippen molar-refractivity contribution in [3.05, 3.63) is 25.1 Å². The molecule has 2 amide bonds. The van der Waals surface area contributed by atoms with Gasteiger partial charge in [0.1, 0.15) is 6.10 Å². The van der Waals surface area contributed by atoms with Crippen LogP contribution in [0.25, 0.3) is 0 Å². The van der Waals surface area contributed by atoms with Crippen molar-refractivity contribution in [2.75, 3.05) is 28.3 Å². The summed E-state index contributed by atoms with van der Waals surface area (Å²) in [6.07, 6.45) is -1.38. The van der Waals surface area contributed by atoms with Gasteiger partial charge in [-0.2, -0.15) is 8.42 Å². The molecular formula is C14H15N2O6S2. The Kier molecular flexibility index (Phi) is 4.45. The van der Waals surface area contributed by atoms with Crippen LogP contribution in [0.2, 0.25) is 0 Å². The molecule has 10 heteroatoms. The van der Waals surface area contributed by atoms with Crippen molar-refractivity contribution in [1.82, 2.24) is 0 Å². The third-order valence-corrected chi connectivity index (χ3v) is 5.62. The van der Waals surface area contributed by atoms with Crippen molar-refractivity contribution in [2.24, 2.45) is 5.92 Å². The van der Waals surface area contributed by atoms with E-state index in [1.807, 2.05) is 0 Å². The van der Waals surface area contributed by atoms with Crippen LogP contribution in [0.3, 0.4) is 0 Å². The van der Waals surface area contributed by atoms with Gasteiger partial charge in [0.25, 0.3) is 10.1 Å². The number of hydrogen-bond donors (Lipinski definition) is 2. The Morgan fingerprint density at radius 3 is 2.92 bits per heavy atom. The standard InChI is InChI=1S/C14H15N2O6S2/c1-8(7-24(19,20)21)11-5-16(14(18)22-11)9-2-3-12-10(4-9)15-13(17)6-23-12/h2-4,8,11H,1,5-7H2,(H,15,17)(H,19,20,21)/t8?,11-/m0/s1. The summed E-state index contributed by atoms with van der Waals surface area (Å²) in [6, 6.07) is 5.20. The van der Waals surface area contributed by atoms with Gasteiger partial charge < -0.3 is 10.1 Å². The van der Waals surface area contributed by atoms with Crippen LogP contribution >= 0.6 is 11.8 Å². The van der Waals surface area contributed by atoms with Crippen molar-refractivity contribution in [1.29, 1.82) is 0 Å². The fourth-order valence-electron chi connectivity index (χ4n) is 2.56. The second-order valence-corrected chi connectivity index (χ2v) is 8.07. The highest BCUT2D eigenvalue weighted by molar-refractivity contribution is 8.00. The molecule has 0 spiro atoms. The highest BCUT2D eigenvalue weighted by Crippen LogP contribution is 2.36. The van der Waals surface area contributed by atoms with Crippen LogP contribution in [0.1, 0.15) is 0 Å². The van der Waals surface area contributed by atoms with Gasteiger partial charge in [0.15, 0.2) is 0 Å². The van der Waals surface area contributed by atoms with E-state index < -0.39 is 34.0 Å². The minimum atomic E-state index is -4.20. The van der Waals surface area contributed by atoms with E-state index in [4.69, 9.17) is 9.29 Å². The molecule has 2 aliphatic heterocycles. The van der Waals surface area contributed by atoms with E-state index in [-0.39, 0.29) is 12.5 Å². The van der Waals surface area contributed by atoms with Gasteiger partial charge in [0.2, 0.25) is 5.91 Å². The molecule has 0 aliphatic carbocycles. The van der Waals surface area contributed by atoms with Crippen molar-refractivity contribution < 1.29 is 27.3 Å². The molecule has 3 rings (SSSR count). The quantitative estimate of drug-likeness (QED) is 0.769. The summed E-state index contributed by atoms with van der Waals surface area (Å²) in [4.78, 5) is 25.8. The number of nitrogens with zero attached hydrogens (tertiary/aromatic N) is 1. The van der Waals surface area contributed by atoms with Crippen LogP contribution in [0.5, 0.6) is 0 Å². The van der Waals surface area contributed by atoms with Gasteiger partial charge in [0, 0.05) is 16.5 Å². The Morgan fingerprint density at radius 1 is 1.46 bits per heavy atom. The lowest BCUT2D eigenvalue weighted by molar-refractivity contribution is -0.113. The summed E-state index contributed by atoms with van der Waals surface area (Å²) in [5, 5.41) is 2.74. The van der Waals surface area contributed by atoms with Crippen LogP contribution in [-0.2, 0) is 19.6 Å². The van der Waals surface area contributed by atoms with E-state index in [0.717, 1.165) is 4.90 Å². The molecular weight excluding hydrogens is 356 g/mol. The Bertz CT molecular complexity index is 794. The minimum absolute atomic E-state index is 0.113. The molecule has 1 aromatic rings. The van der Waals surface area contributed by atoms with Gasteiger partial charge >= 0.3 is 6.09 Å². The molecule has 1 aromatic carbocycles. The molecule has 8 nitrogen and oxygen atoms in total. The monoisotopic (exact) mass is 371 g/mol. The number of amides is 2. The summed E-state index contributed by atoms with van der Waals surface area (Å²) in [5.41, 5.74) is 1.15. The summed E-state index contributed by atoms with van der Waals surface area (Å²) in [7, 11) is -4.20. The summed E-state index contributed by atoms with van der Waals surface area (Å²) < 4.78 is 35.9. The number of nitrogens with one attached hydrogen (secondary N) is 1. The maximum Gasteiger partial charge on any atom is 0.414 e. The van der Waals surface area contributed by atoms with E-state index in [1.54, 1.807) is 18.2 Å². The predicted molar refractivity (Wildman–Crippen MR) is 88.7 cm³/mol. The third-order valence-electron chi connectivity index (χ3n) is 3.69. The zero-order valence-corrected chi connectivity index (χ0v) is 14.1. The van der Waals surface area contributed by atoms with Crippen LogP contribution in [0.4, 0.5) is 16.2 Å². The highest BCUT2D eigenvalue weighted by Gasteiger charge is 2.37. The molecule has 2 atom stereocenters. The second-order valence-electron chi connectivity index (χ2n) is 5.56. The number of carbonyl (C=O) groups is 2. The fourth-order valence-corrected chi connectivity index (χ4v) is 4.10. The van der Waals surface area contributed by atoms with E-state index in [9.17, 15) is 18.0 Å². The third kappa shape index (κ3) is 3.65. The second kappa shape index (κ2) is 6.26. The molecule has 0 saturated carbocycles. The first kappa shape index (κ1) is 17.1. The first-order valence-electron chi connectivity index (χ1n) is 7.06. The molecule has 0 aromatic heterocycles. The normalized spacial score (nSPS) is 21.9. The number of fused-ring (bicyclic) bond motifs is 1. The van der Waals surface area contributed by atoms with Crippen LogP contribution < -0.4 is 10.2 Å². The highest BCUT2D eigenvalue weighted by atomic mass is 32.2. The fraction of sp³-hybridized carbons (Fsp3) is 0.357.